The fourth-order valence-electron chi connectivity index (χ4n) is 3.42. The first-order valence-electron chi connectivity index (χ1n) is 9.49. The van der Waals surface area contributed by atoms with Crippen LogP contribution in [0.25, 0.3) is 22.5 Å². The van der Waals surface area contributed by atoms with Crippen molar-refractivity contribution in [2.24, 2.45) is 5.73 Å². The third-order valence-corrected chi connectivity index (χ3v) is 4.85. The topological polar surface area (TPSA) is 82.0 Å². The smallest absolute Gasteiger partial charge is 0.366 e. The zero-order valence-electron chi connectivity index (χ0n) is 17.0. The van der Waals surface area contributed by atoms with Crippen molar-refractivity contribution < 1.29 is 22.5 Å². The second-order valence-electron chi connectivity index (χ2n) is 7.67. The zero-order valence-corrected chi connectivity index (χ0v) is 17.0. The molecule has 0 fully saturated rings. The highest BCUT2D eigenvalue weighted by atomic mass is 19.4. The van der Waals surface area contributed by atoms with Crippen LogP contribution in [0.2, 0.25) is 0 Å². The number of hydrogen-bond acceptors (Lipinski definition) is 4. The molecule has 8 heteroatoms. The Bertz CT molecular complexity index is 1060. The van der Waals surface area contributed by atoms with Crippen molar-refractivity contribution in [1.82, 2.24) is 10.1 Å². The number of nitrogens with two attached hydrogens (primary N) is 1. The van der Waals surface area contributed by atoms with Gasteiger partial charge in [-0.3, -0.25) is 4.79 Å². The van der Waals surface area contributed by atoms with Crippen LogP contribution in [0.4, 0.5) is 13.2 Å². The largest absolute Gasteiger partial charge is 0.471 e. The minimum Gasteiger partial charge on any atom is -0.366 e. The molecule has 3 rings (SSSR count). The van der Waals surface area contributed by atoms with Crippen molar-refractivity contribution in [2.75, 3.05) is 0 Å². The monoisotopic (exact) mass is 417 g/mol. The van der Waals surface area contributed by atoms with Gasteiger partial charge in [0.25, 0.3) is 0 Å². The molecule has 2 N–H and O–H groups in total. The Kier molecular flexibility index (Phi) is 5.70. The van der Waals surface area contributed by atoms with Gasteiger partial charge in [0.2, 0.25) is 11.7 Å². The summed E-state index contributed by atoms with van der Waals surface area (Å²) in [5.41, 5.74) is 9.57. The van der Waals surface area contributed by atoms with Crippen molar-refractivity contribution in [2.45, 2.75) is 45.7 Å². The molecule has 0 saturated heterocycles. The minimum atomic E-state index is -4.74. The SMILES string of the molecule is CC(C)c1cccc(C(C)C)c1-c1cc(-c2noc(C(F)(F)F)n2)ccc1C(N)=O. The predicted molar refractivity (Wildman–Crippen MR) is 107 cm³/mol. The third-order valence-electron chi connectivity index (χ3n) is 4.85. The summed E-state index contributed by atoms with van der Waals surface area (Å²) in [6, 6.07) is 10.4. The van der Waals surface area contributed by atoms with Crippen molar-refractivity contribution in [3.63, 3.8) is 0 Å². The molecule has 0 saturated carbocycles. The molecule has 0 radical (unpaired) electrons. The Balaban J connectivity index is 2.29. The van der Waals surface area contributed by atoms with Crippen molar-refractivity contribution in [1.29, 1.82) is 0 Å². The van der Waals surface area contributed by atoms with Crippen LogP contribution in [0.3, 0.4) is 0 Å². The lowest BCUT2D eigenvalue weighted by Crippen LogP contribution is -2.14. The highest BCUT2D eigenvalue weighted by molar-refractivity contribution is 6.01. The van der Waals surface area contributed by atoms with E-state index in [1.165, 1.54) is 12.1 Å². The number of hydrogen-bond donors (Lipinski definition) is 1. The third kappa shape index (κ3) is 4.08. The number of aromatic nitrogens is 2. The van der Waals surface area contributed by atoms with Crippen LogP contribution >= 0.6 is 0 Å². The molecule has 1 amide bonds. The number of carbonyl (C=O) groups is 1. The van der Waals surface area contributed by atoms with Gasteiger partial charge in [-0.25, -0.2) is 0 Å². The minimum absolute atomic E-state index is 0.144. The quantitative estimate of drug-likeness (QED) is 0.571. The first-order valence-corrected chi connectivity index (χ1v) is 9.49. The van der Waals surface area contributed by atoms with E-state index in [4.69, 9.17) is 5.73 Å². The summed E-state index contributed by atoms with van der Waals surface area (Å²) in [6.07, 6.45) is -4.74. The second kappa shape index (κ2) is 7.93. The van der Waals surface area contributed by atoms with Gasteiger partial charge >= 0.3 is 12.1 Å². The maximum atomic E-state index is 12.9. The van der Waals surface area contributed by atoms with E-state index in [0.717, 1.165) is 16.7 Å². The van der Waals surface area contributed by atoms with Crippen molar-refractivity contribution in [3.8, 4) is 22.5 Å². The molecular formula is C22H22F3N3O2. The summed E-state index contributed by atoms with van der Waals surface area (Å²) >= 11 is 0. The van der Waals surface area contributed by atoms with Gasteiger partial charge in [-0.1, -0.05) is 57.1 Å². The van der Waals surface area contributed by atoms with E-state index in [2.05, 4.69) is 14.7 Å². The van der Waals surface area contributed by atoms with Crippen LogP contribution in [-0.4, -0.2) is 16.0 Å². The van der Waals surface area contributed by atoms with Crippen LogP contribution in [0.15, 0.2) is 40.9 Å². The van der Waals surface area contributed by atoms with Gasteiger partial charge in [0.1, 0.15) is 0 Å². The van der Waals surface area contributed by atoms with Crippen LogP contribution < -0.4 is 5.73 Å². The number of amides is 1. The predicted octanol–water partition coefficient (Wildman–Crippen LogP) is 5.77. The molecule has 1 heterocycles. The molecule has 3 aromatic rings. The van der Waals surface area contributed by atoms with Crippen molar-refractivity contribution >= 4 is 5.91 Å². The molecule has 0 unspecified atom stereocenters. The summed E-state index contributed by atoms with van der Waals surface area (Å²) in [6.45, 7) is 8.13. The first kappa shape index (κ1) is 21.5. The van der Waals surface area contributed by atoms with Crippen LogP contribution in [0.1, 0.15) is 66.9 Å². The summed E-state index contributed by atoms with van der Waals surface area (Å²) in [7, 11) is 0. The summed E-state index contributed by atoms with van der Waals surface area (Å²) < 4.78 is 42.9. The van der Waals surface area contributed by atoms with Gasteiger partial charge in [0.05, 0.1) is 0 Å². The van der Waals surface area contributed by atoms with E-state index in [1.807, 2.05) is 45.9 Å². The molecule has 1 aromatic heterocycles. The molecule has 0 atom stereocenters. The number of carbonyl (C=O) groups excluding carboxylic acids is 1. The number of rotatable bonds is 5. The van der Waals surface area contributed by atoms with Crippen molar-refractivity contribution in [3.05, 3.63) is 59.0 Å². The molecule has 0 aliphatic rings. The van der Waals surface area contributed by atoms with Gasteiger partial charge in [-0.2, -0.15) is 18.2 Å². The average molecular weight is 417 g/mol. The molecule has 0 bridgehead atoms. The van der Waals surface area contributed by atoms with E-state index < -0.39 is 18.0 Å². The Morgan fingerprint density at radius 1 is 1.03 bits per heavy atom. The van der Waals surface area contributed by atoms with E-state index in [1.54, 1.807) is 6.07 Å². The van der Waals surface area contributed by atoms with E-state index in [-0.39, 0.29) is 23.2 Å². The van der Waals surface area contributed by atoms with Crippen LogP contribution in [-0.2, 0) is 6.18 Å². The lowest BCUT2D eigenvalue weighted by molar-refractivity contribution is -0.159. The lowest BCUT2D eigenvalue weighted by Gasteiger charge is -2.21. The summed E-state index contributed by atoms with van der Waals surface area (Å²) in [5.74, 6) is -1.99. The highest BCUT2D eigenvalue weighted by Crippen LogP contribution is 2.39. The second-order valence-corrected chi connectivity index (χ2v) is 7.67. The van der Waals surface area contributed by atoms with Gasteiger partial charge in [0, 0.05) is 11.1 Å². The maximum absolute atomic E-state index is 12.9. The fourth-order valence-corrected chi connectivity index (χ4v) is 3.42. The van der Waals surface area contributed by atoms with Gasteiger partial charge < -0.3 is 10.3 Å². The molecule has 0 aliphatic heterocycles. The van der Waals surface area contributed by atoms with E-state index in [0.29, 0.717) is 11.1 Å². The van der Waals surface area contributed by atoms with E-state index >= 15 is 0 Å². The average Bonchev–Trinajstić information content (AvgIpc) is 3.17. The number of halogens is 3. The molecule has 2 aromatic carbocycles. The molecule has 0 aliphatic carbocycles. The summed E-state index contributed by atoms with van der Waals surface area (Å²) in [4.78, 5) is 15.6. The number of primary amides is 1. The van der Waals surface area contributed by atoms with Gasteiger partial charge in [-0.05, 0) is 46.2 Å². The van der Waals surface area contributed by atoms with E-state index in [9.17, 15) is 18.0 Å². The molecule has 30 heavy (non-hydrogen) atoms. The highest BCUT2D eigenvalue weighted by Gasteiger charge is 2.38. The number of alkyl halides is 3. The Labute approximate surface area is 172 Å². The standard InChI is InChI=1S/C22H22F3N3O2/c1-11(2)14-6-5-7-15(12(3)4)18(14)17-10-13(8-9-16(17)19(26)29)20-27-21(30-28-20)22(23,24)25/h5-12H,1-4H3,(H2,26,29). The Morgan fingerprint density at radius 2 is 1.63 bits per heavy atom. The van der Waals surface area contributed by atoms with Gasteiger partial charge in [0.15, 0.2) is 0 Å². The van der Waals surface area contributed by atoms with Crippen LogP contribution in [0, 0.1) is 0 Å². The number of nitrogens with zero attached hydrogens (tertiary/aromatic N) is 2. The summed E-state index contributed by atoms with van der Waals surface area (Å²) in [5, 5.41) is 3.45. The molecule has 5 nitrogen and oxygen atoms in total. The lowest BCUT2D eigenvalue weighted by atomic mass is 9.83. The van der Waals surface area contributed by atoms with Crippen LogP contribution in [0.5, 0.6) is 0 Å². The maximum Gasteiger partial charge on any atom is 0.471 e. The molecular weight excluding hydrogens is 395 g/mol. The fraction of sp³-hybridized carbons (Fsp3) is 0.318. The molecule has 0 spiro atoms. The Hall–Kier alpha value is -3.16. The zero-order chi connectivity index (χ0) is 22.2. The Morgan fingerprint density at radius 3 is 2.10 bits per heavy atom. The molecule has 158 valence electrons. The normalized spacial score (nSPS) is 12.0. The first-order chi connectivity index (χ1) is 14.0. The van der Waals surface area contributed by atoms with Gasteiger partial charge in [-0.15, -0.1) is 0 Å². The number of benzene rings is 2.